The Morgan fingerprint density at radius 1 is 1.14 bits per heavy atom. The monoisotopic (exact) mass is 395 g/mol. The zero-order valence-corrected chi connectivity index (χ0v) is 15.6. The minimum atomic E-state index is -0.816. The fraction of sp³-hybridized carbons (Fsp3) is 0.238. The first kappa shape index (κ1) is 17.5. The Morgan fingerprint density at radius 2 is 1.93 bits per heavy atom. The van der Waals surface area contributed by atoms with Gasteiger partial charge in [0.1, 0.15) is 5.82 Å². The Bertz CT molecular complexity index is 1070. The molecule has 0 saturated heterocycles. The number of benzene rings is 2. The van der Waals surface area contributed by atoms with Gasteiger partial charge in [0.25, 0.3) is 5.91 Å². The molecule has 0 aliphatic carbocycles. The maximum Gasteiger partial charge on any atom is 0.322 e. The molecule has 1 atom stereocenters. The summed E-state index contributed by atoms with van der Waals surface area (Å²) in [7, 11) is 1.61. The van der Waals surface area contributed by atoms with Crippen LogP contribution in [-0.2, 0) is 11.3 Å². The Morgan fingerprint density at radius 3 is 2.76 bits per heavy atom. The van der Waals surface area contributed by atoms with Gasteiger partial charge in [-0.25, -0.2) is 9.18 Å². The molecule has 0 radical (unpaired) electrons. The van der Waals surface area contributed by atoms with Crippen LogP contribution in [0.1, 0.15) is 17.2 Å². The number of halogens is 1. The Balaban J connectivity index is 1.46. The molecule has 0 bridgehead atoms. The van der Waals surface area contributed by atoms with Crippen LogP contribution in [0.2, 0.25) is 0 Å². The Kier molecular flexibility index (Phi) is 3.94. The fourth-order valence-corrected chi connectivity index (χ4v) is 3.95. The molecule has 29 heavy (non-hydrogen) atoms. The first-order valence-electron chi connectivity index (χ1n) is 9.22. The average molecular weight is 395 g/mol. The highest BCUT2D eigenvalue weighted by Gasteiger charge is 2.43. The maximum absolute atomic E-state index is 14.4. The fourth-order valence-electron chi connectivity index (χ4n) is 3.95. The van der Waals surface area contributed by atoms with E-state index in [9.17, 15) is 14.0 Å². The quantitative estimate of drug-likeness (QED) is 0.867. The van der Waals surface area contributed by atoms with Crippen molar-refractivity contribution in [3.8, 4) is 11.5 Å². The van der Waals surface area contributed by atoms with Crippen LogP contribution in [0, 0.1) is 5.82 Å². The number of carbonyl (C=O) groups excluding carboxylic acids is 2. The van der Waals surface area contributed by atoms with Crippen LogP contribution in [0.4, 0.5) is 9.18 Å². The van der Waals surface area contributed by atoms with Gasteiger partial charge in [-0.2, -0.15) is 0 Å². The van der Waals surface area contributed by atoms with E-state index in [1.54, 1.807) is 30.1 Å². The number of nitrogens with zero attached hydrogens (tertiary/aromatic N) is 2. The van der Waals surface area contributed by atoms with Crippen LogP contribution in [0.5, 0.6) is 11.5 Å². The number of hydrogen-bond donors (Lipinski definition) is 1. The molecule has 0 saturated carbocycles. The summed E-state index contributed by atoms with van der Waals surface area (Å²) < 4.78 is 25.1. The molecule has 8 heteroatoms. The lowest BCUT2D eigenvalue weighted by molar-refractivity contribution is -0.126. The Labute approximate surface area is 166 Å². The van der Waals surface area contributed by atoms with Gasteiger partial charge in [-0.05, 0) is 23.8 Å². The van der Waals surface area contributed by atoms with Gasteiger partial charge in [0.2, 0.25) is 6.79 Å². The van der Waals surface area contributed by atoms with Gasteiger partial charge >= 0.3 is 6.03 Å². The van der Waals surface area contributed by atoms with Crippen LogP contribution in [0.3, 0.4) is 0 Å². The summed E-state index contributed by atoms with van der Waals surface area (Å²) in [5, 5.41) is 2.75. The second kappa shape index (κ2) is 6.51. The van der Waals surface area contributed by atoms with Crippen molar-refractivity contribution in [1.29, 1.82) is 0 Å². The molecule has 3 amide bonds. The van der Waals surface area contributed by atoms with Crippen LogP contribution in [-0.4, -0.2) is 42.1 Å². The van der Waals surface area contributed by atoms with Gasteiger partial charge in [-0.15, -0.1) is 0 Å². The summed E-state index contributed by atoms with van der Waals surface area (Å²) >= 11 is 0. The number of likely N-dealkylation sites (N-methyl/N-ethyl adjacent to an activating group) is 1. The number of nitrogens with one attached hydrogen (secondary N) is 1. The number of carbonyl (C=O) groups is 2. The van der Waals surface area contributed by atoms with E-state index in [0.717, 1.165) is 5.56 Å². The Hall–Kier alpha value is -3.55. The van der Waals surface area contributed by atoms with Crippen molar-refractivity contribution in [2.45, 2.75) is 12.6 Å². The molecular weight excluding hydrogens is 377 g/mol. The number of amides is 3. The van der Waals surface area contributed by atoms with Crippen molar-refractivity contribution in [2.24, 2.45) is 0 Å². The van der Waals surface area contributed by atoms with Crippen LogP contribution in [0.15, 0.2) is 53.7 Å². The van der Waals surface area contributed by atoms with E-state index in [0.29, 0.717) is 29.3 Å². The molecule has 7 nitrogen and oxygen atoms in total. The van der Waals surface area contributed by atoms with E-state index in [-0.39, 0.29) is 30.8 Å². The molecule has 1 N–H and O–H groups in total. The van der Waals surface area contributed by atoms with Crippen molar-refractivity contribution in [1.82, 2.24) is 15.1 Å². The van der Waals surface area contributed by atoms with Crippen molar-refractivity contribution in [3.63, 3.8) is 0 Å². The molecule has 1 unspecified atom stereocenters. The van der Waals surface area contributed by atoms with E-state index in [1.165, 1.54) is 11.0 Å². The molecule has 2 aromatic rings. The predicted molar refractivity (Wildman–Crippen MR) is 100 cm³/mol. The zero-order chi connectivity index (χ0) is 20.1. The van der Waals surface area contributed by atoms with Gasteiger partial charge in [0.05, 0.1) is 23.9 Å². The third-order valence-electron chi connectivity index (χ3n) is 5.46. The summed E-state index contributed by atoms with van der Waals surface area (Å²) in [6.45, 7) is 0.798. The highest BCUT2D eigenvalue weighted by atomic mass is 19.1. The van der Waals surface area contributed by atoms with Crippen molar-refractivity contribution in [2.75, 3.05) is 20.4 Å². The normalized spacial score (nSPS) is 20.3. The molecule has 148 valence electrons. The largest absolute Gasteiger partial charge is 0.454 e. The number of ether oxygens (including phenoxy) is 2. The van der Waals surface area contributed by atoms with Gasteiger partial charge in [-0.1, -0.05) is 24.3 Å². The third kappa shape index (κ3) is 2.79. The summed E-state index contributed by atoms with van der Waals surface area (Å²) in [4.78, 5) is 28.7. The number of hydrogen-bond acceptors (Lipinski definition) is 4. The minimum absolute atomic E-state index is 0.181. The van der Waals surface area contributed by atoms with Crippen molar-refractivity contribution < 1.29 is 23.5 Å². The third-order valence-corrected chi connectivity index (χ3v) is 5.46. The second-order valence-corrected chi connectivity index (χ2v) is 7.17. The summed E-state index contributed by atoms with van der Waals surface area (Å²) in [6, 6.07) is 10.5. The highest BCUT2D eigenvalue weighted by Crippen LogP contribution is 2.38. The molecule has 3 heterocycles. The number of fused-ring (bicyclic) bond motifs is 1. The van der Waals surface area contributed by atoms with Gasteiger partial charge in [0.15, 0.2) is 11.5 Å². The highest BCUT2D eigenvalue weighted by molar-refractivity contribution is 6.01. The minimum Gasteiger partial charge on any atom is -0.454 e. The maximum atomic E-state index is 14.4. The van der Waals surface area contributed by atoms with Crippen LogP contribution >= 0.6 is 0 Å². The smallest absolute Gasteiger partial charge is 0.322 e. The molecule has 0 aromatic heterocycles. The zero-order valence-electron chi connectivity index (χ0n) is 15.6. The molecule has 3 aliphatic rings. The van der Waals surface area contributed by atoms with E-state index >= 15 is 0 Å². The molecule has 3 aliphatic heterocycles. The topological polar surface area (TPSA) is 71.1 Å². The molecule has 0 fully saturated rings. The van der Waals surface area contributed by atoms with Crippen LogP contribution in [0.25, 0.3) is 0 Å². The van der Waals surface area contributed by atoms with E-state index < -0.39 is 11.9 Å². The first-order chi connectivity index (χ1) is 14.0. The molecule has 0 spiro atoms. The van der Waals surface area contributed by atoms with Crippen LogP contribution < -0.4 is 14.8 Å². The van der Waals surface area contributed by atoms with Crippen molar-refractivity contribution in [3.05, 3.63) is 70.7 Å². The van der Waals surface area contributed by atoms with Gasteiger partial charge in [-0.3, -0.25) is 9.69 Å². The summed E-state index contributed by atoms with van der Waals surface area (Å²) in [6.07, 6.45) is 0. The van der Waals surface area contributed by atoms with Gasteiger partial charge in [0, 0.05) is 19.2 Å². The lowest BCUT2D eigenvalue weighted by Crippen LogP contribution is -2.45. The number of urea groups is 1. The standard InChI is InChI=1S/C21H18FN3O4/c1-24-15-10-25(9-12-6-7-16-17(8-12)29-11-28-16)20(26)18(15)19(23-21(24)27)13-4-2-3-5-14(13)22/h2-8,19H,9-11H2,1H3,(H,23,27). The number of rotatable bonds is 3. The predicted octanol–water partition coefficient (Wildman–Crippen LogP) is 2.55. The molecular formula is C21H18FN3O4. The van der Waals surface area contributed by atoms with Crippen molar-refractivity contribution >= 4 is 11.9 Å². The van der Waals surface area contributed by atoms with Gasteiger partial charge < -0.3 is 19.7 Å². The van der Waals surface area contributed by atoms with E-state index in [1.807, 2.05) is 18.2 Å². The molecule has 5 rings (SSSR count). The SMILES string of the molecule is CN1C(=O)NC(c2ccccc2F)C2=C1CN(Cc1ccc3c(c1)OCO3)C2=O. The average Bonchev–Trinajstić information content (AvgIpc) is 3.30. The summed E-state index contributed by atoms with van der Waals surface area (Å²) in [5.41, 5.74) is 2.15. The first-order valence-corrected chi connectivity index (χ1v) is 9.22. The van der Waals surface area contributed by atoms with E-state index in [2.05, 4.69) is 5.32 Å². The second-order valence-electron chi connectivity index (χ2n) is 7.17. The van der Waals surface area contributed by atoms with E-state index in [4.69, 9.17) is 9.47 Å². The summed E-state index contributed by atoms with van der Waals surface area (Å²) in [5.74, 6) is 0.632. The molecule has 2 aromatic carbocycles. The lowest BCUT2D eigenvalue weighted by Gasteiger charge is -2.31. The lowest BCUT2D eigenvalue weighted by atomic mass is 9.95.